The Kier molecular flexibility index (Phi) is 8.62. The van der Waals surface area contributed by atoms with Gasteiger partial charge >= 0.3 is 0 Å². The molecule has 0 saturated carbocycles. The van der Waals surface area contributed by atoms with Gasteiger partial charge in [0.05, 0.1) is 11.4 Å². The predicted octanol–water partition coefficient (Wildman–Crippen LogP) is 2.53. The molecule has 0 radical (unpaired) electrons. The van der Waals surface area contributed by atoms with Crippen molar-refractivity contribution in [2.45, 2.75) is 12.8 Å². The summed E-state index contributed by atoms with van der Waals surface area (Å²) < 4.78 is 0. The SMILES string of the molecule is CN(C)c1ccccc1NC(=O)C1CCNCC1.Cl.Cl. The van der Waals surface area contributed by atoms with E-state index in [1.807, 2.05) is 43.3 Å². The molecule has 0 atom stereocenters. The van der Waals surface area contributed by atoms with Crippen LogP contribution in [0.4, 0.5) is 11.4 Å². The van der Waals surface area contributed by atoms with Crippen molar-refractivity contribution in [3.05, 3.63) is 24.3 Å². The molecule has 1 fully saturated rings. The lowest BCUT2D eigenvalue weighted by Gasteiger charge is -2.23. The zero-order valence-corrected chi connectivity index (χ0v) is 13.5. The van der Waals surface area contributed by atoms with Gasteiger partial charge in [-0.25, -0.2) is 0 Å². The van der Waals surface area contributed by atoms with E-state index >= 15 is 0 Å². The van der Waals surface area contributed by atoms with E-state index in [0.29, 0.717) is 0 Å². The molecule has 20 heavy (non-hydrogen) atoms. The number of carbonyl (C=O) groups is 1. The number of rotatable bonds is 3. The smallest absolute Gasteiger partial charge is 0.227 e. The van der Waals surface area contributed by atoms with Gasteiger partial charge in [-0.2, -0.15) is 0 Å². The number of amides is 1. The van der Waals surface area contributed by atoms with Crippen LogP contribution in [0.15, 0.2) is 24.3 Å². The average molecular weight is 320 g/mol. The fourth-order valence-electron chi connectivity index (χ4n) is 2.29. The molecule has 114 valence electrons. The molecule has 6 heteroatoms. The maximum Gasteiger partial charge on any atom is 0.227 e. The second-order valence-electron chi connectivity index (χ2n) is 4.93. The van der Waals surface area contributed by atoms with Crippen LogP contribution in [-0.4, -0.2) is 33.1 Å². The number of nitrogens with zero attached hydrogens (tertiary/aromatic N) is 1. The first-order valence-corrected chi connectivity index (χ1v) is 6.46. The average Bonchev–Trinajstić information content (AvgIpc) is 2.40. The Hall–Kier alpha value is -0.970. The van der Waals surface area contributed by atoms with Crippen molar-refractivity contribution in [2.24, 2.45) is 5.92 Å². The van der Waals surface area contributed by atoms with Gasteiger partial charge in [0, 0.05) is 20.0 Å². The predicted molar refractivity (Wildman–Crippen MR) is 89.5 cm³/mol. The number of anilines is 2. The summed E-state index contributed by atoms with van der Waals surface area (Å²) in [4.78, 5) is 14.2. The van der Waals surface area contributed by atoms with Crippen LogP contribution in [0.2, 0.25) is 0 Å². The number of carbonyl (C=O) groups excluding carboxylic acids is 1. The zero-order valence-electron chi connectivity index (χ0n) is 11.9. The lowest BCUT2D eigenvalue weighted by atomic mass is 9.97. The van der Waals surface area contributed by atoms with Crippen LogP contribution in [0.3, 0.4) is 0 Å². The summed E-state index contributed by atoms with van der Waals surface area (Å²) in [5.74, 6) is 0.285. The molecule has 2 N–H and O–H groups in total. The molecule has 1 heterocycles. The van der Waals surface area contributed by atoms with Crippen LogP contribution in [-0.2, 0) is 4.79 Å². The van der Waals surface area contributed by atoms with Crippen LogP contribution >= 0.6 is 24.8 Å². The fraction of sp³-hybridized carbons (Fsp3) is 0.500. The summed E-state index contributed by atoms with van der Waals surface area (Å²) in [6.45, 7) is 1.88. The van der Waals surface area contributed by atoms with Crippen molar-refractivity contribution in [3.63, 3.8) is 0 Å². The van der Waals surface area contributed by atoms with Gasteiger partial charge in [-0.15, -0.1) is 24.8 Å². The molecule has 0 aliphatic carbocycles. The molecule has 0 aromatic heterocycles. The molecule has 1 aromatic rings. The van der Waals surface area contributed by atoms with Crippen LogP contribution in [0, 0.1) is 5.92 Å². The minimum absolute atomic E-state index is 0. The monoisotopic (exact) mass is 319 g/mol. The van der Waals surface area contributed by atoms with Gasteiger partial charge in [0.1, 0.15) is 0 Å². The Morgan fingerprint density at radius 1 is 1.20 bits per heavy atom. The number of piperidine rings is 1. The largest absolute Gasteiger partial charge is 0.376 e. The van der Waals surface area contributed by atoms with E-state index in [4.69, 9.17) is 0 Å². The van der Waals surface area contributed by atoms with Crippen LogP contribution in [0.1, 0.15) is 12.8 Å². The number of nitrogens with one attached hydrogen (secondary N) is 2. The van der Waals surface area contributed by atoms with Crippen molar-refractivity contribution >= 4 is 42.1 Å². The first-order chi connectivity index (χ1) is 8.68. The molecular formula is C14H23Cl2N3O. The van der Waals surface area contributed by atoms with E-state index in [1.54, 1.807) is 0 Å². The standard InChI is InChI=1S/C14H21N3O.2ClH/c1-17(2)13-6-4-3-5-12(13)16-14(18)11-7-9-15-10-8-11;;/h3-6,11,15H,7-10H2,1-2H3,(H,16,18);2*1H. The third-order valence-electron chi connectivity index (χ3n) is 3.35. The lowest BCUT2D eigenvalue weighted by Crippen LogP contribution is -2.34. The van der Waals surface area contributed by atoms with Crippen molar-refractivity contribution < 1.29 is 4.79 Å². The fourth-order valence-corrected chi connectivity index (χ4v) is 2.29. The Labute approximate surface area is 133 Å². The number of halogens is 2. The molecule has 0 spiro atoms. The van der Waals surface area contributed by atoms with Crippen LogP contribution in [0.5, 0.6) is 0 Å². The Morgan fingerprint density at radius 3 is 2.40 bits per heavy atom. The van der Waals surface area contributed by atoms with Crippen LogP contribution < -0.4 is 15.5 Å². The highest BCUT2D eigenvalue weighted by Crippen LogP contribution is 2.25. The quantitative estimate of drug-likeness (QED) is 0.899. The second kappa shape index (κ2) is 9.06. The van der Waals surface area contributed by atoms with E-state index < -0.39 is 0 Å². The Bertz CT molecular complexity index is 421. The first-order valence-electron chi connectivity index (χ1n) is 6.46. The normalized spacial score (nSPS) is 14.7. The molecule has 1 aliphatic rings. The molecule has 1 aliphatic heterocycles. The number of para-hydroxylation sites is 2. The maximum absolute atomic E-state index is 12.2. The molecule has 1 aromatic carbocycles. The van der Waals surface area contributed by atoms with Gasteiger partial charge in [0.25, 0.3) is 0 Å². The summed E-state index contributed by atoms with van der Waals surface area (Å²) in [6.07, 6.45) is 1.85. The van der Waals surface area contributed by atoms with Crippen molar-refractivity contribution in [3.8, 4) is 0 Å². The first kappa shape index (κ1) is 19.0. The topological polar surface area (TPSA) is 44.4 Å². The van der Waals surface area contributed by atoms with Crippen LogP contribution in [0.25, 0.3) is 0 Å². The summed E-state index contributed by atoms with van der Waals surface area (Å²) in [6, 6.07) is 7.90. The Morgan fingerprint density at radius 2 is 1.80 bits per heavy atom. The van der Waals surface area contributed by atoms with Gasteiger partial charge in [-0.05, 0) is 38.1 Å². The highest BCUT2D eigenvalue weighted by atomic mass is 35.5. The van der Waals surface area contributed by atoms with Gasteiger partial charge in [-0.1, -0.05) is 12.1 Å². The third kappa shape index (κ3) is 4.85. The zero-order chi connectivity index (χ0) is 13.0. The lowest BCUT2D eigenvalue weighted by molar-refractivity contribution is -0.120. The third-order valence-corrected chi connectivity index (χ3v) is 3.35. The Balaban J connectivity index is 0.00000180. The van der Waals surface area contributed by atoms with Crippen molar-refractivity contribution in [1.82, 2.24) is 5.32 Å². The van der Waals surface area contributed by atoms with Gasteiger partial charge in [-0.3, -0.25) is 4.79 Å². The number of hydrogen-bond acceptors (Lipinski definition) is 3. The van der Waals surface area contributed by atoms with E-state index in [1.165, 1.54) is 0 Å². The van der Waals surface area contributed by atoms with Gasteiger partial charge in [0.2, 0.25) is 5.91 Å². The second-order valence-corrected chi connectivity index (χ2v) is 4.93. The highest BCUT2D eigenvalue weighted by molar-refractivity contribution is 5.95. The summed E-state index contributed by atoms with van der Waals surface area (Å²) >= 11 is 0. The van der Waals surface area contributed by atoms with Crippen molar-refractivity contribution in [1.29, 1.82) is 0 Å². The number of benzene rings is 1. The van der Waals surface area contributed by atoms with Gasteiger partial charge in [0.15, 0.2) is 0 Å². The number of hydrogen-bond donors (Lipinski definition) is 2. The molecule has 1 amide bonds. The molecule has 2 rings (SSSR count). The molecule has 1 saturated heterocycles. The highest BCUT2D eigenvalue weighted by Gasteiger charge is 2.21. The summed E-state index contributed by atoms with van der Waals surface area (Å²) in [7, 11) is 3.96. The molecule has 0 unspecified atom stereocenters. The minimum atomic E-state index is 0. The summed E-state index contributed by atoms with van der Waals surface area (Å²) in [5.41, 5.74) is 1.94. The summed E-state index contributed by atoms with van der Waals surface area (Å²) in [5, 5.41) is 6.33. The van der Waals surface area contributed by atoms with E-state index in [0.717, 1.165) is 37.3 Å². The minimum Gasteiger partial charge on any atom is -0.376 e. The van der Waals surface area contributed by atoms with E-state index in [-0.39, 0.29) is 36.6 Å². The van der Waals surface area contributed by atoms with E-state index in [9.17, 15) is 4.79 Å². The maximum atomic E-state index is 12.2. The molecule has 0 bridgehead atoms. The van der Waals surface area contributed by atoms with Gasteiger partial charge < -0.3 is 15.5 Å². The molecule has 4 nitrogen and oxygen atoms in total. The van der Waals surface area contributed by atoms with E-state index in [2.05, 4.69) is 10.6 Å². The van der Waals surface area contributed by atoms with Crippen molar-refractivity contribution in [2.75, 3.05) is 37.4 Å². The molecular weight excluding hydrogens is 297 g/mol.